The fraction of sp³-hybridized carbons (Fsp3) is 0.312. The summed E-state index contributed by atoms with van der Waals surface area (Å²) in [5.41, 5.74) is 0.411. The molecule has 1 aliphatic heterocycles. The van der Waals surface area contributed by atoms with Crippen molar-refractivity contribution in [1.82, 2.24) is 15.1 Å². The zero-order valence-electron chi connectivity index (χ0n) is 13.2. The van der Waals surface area contributed by atoms with Gasteiger partial charge in [-0.1, -0.05) is 23.2 Å². The fourth-order valence-electron chi connectivity index (χ4n) is 2.42. The van der Waals surface area contributed by atoms with Gasteiger partial charge in [-0.3, -0.25) is 4.79 Å². The molecular formula is C16H17Cl2N5O. The molecule has 0 unspecified atom stereocenters. The normalized spacial score (nSPS) is 15.4. The molecule has 1 fully saturated rings. The minimum Gasteiger partial charge on any atom is -0.353 e. The molecule has 6 nitrogen and oxygen atoms in total. The standard InChI is InChI=1S/C16H17Cl2N5O/c1-22-6-8-23(9-7-22)15-5-4-14(20-21-15)19-16(24)11-2-3-12(17)13(18)10-11/h2-5,10H,6-9H2,1H3,(H,19,20,24). The molecule has 2 aromatic rings. The Bertz CT molecular complexity index is 730. The van der Waals surface area contributed by atoms with E-state index in [1.807, 2.05) is 6.07 Å². The first-order valence-electron chi connectivity index (χ1n) is 7.56. The number of amides is 1. The van der Waals surface area contributed by atoms with Crippen LogP contribution in [0, 0.1) is 0 Å². The first-order valence-corrected chi connectivity index (χ1v) is 8.32. The van der Waals surface area contributed by atoms with E-state index in [0.717, 1.165) is 32.0 Å². The van der Waals surface area contributed by atoms with E-state index in [-0.39, 0.29) is 5.91 Å². The number of hydrogen-bond acceptors (Lipinski definition) is 5. The van der Waals surface area contributed by atoms with Gasteiger partial charge in [0.1, 0.15) is 0 Å². The Kier molecular flexibility index (Phi) is 5.18. The van der Waals surface area contributed by atoms with Gasteiger partial charge in [0.25, 0.3) is 5.91 Å². The first kappa shape index (κ1) is 17.0. The van der Waals surface area contributed by atoms with Gasteiger partial charge >= 0.3 is 0 Å². The molecule has 8 heteroatoms. The number of halogens is 2. The highest BCUT2D eigenvalue weighted by atomic mass is 35.5. The first-order chi connectivity index (χ1) is 11.5. The third kappa shape index (κ3) is 3.95. The maximum absolute atomic E-state index is 12.2. The van der Waals surface area contributed by atoms with Crippen LogP contribution in [-0.2, 0) is 0 Å². The molecular weight excluding hydrogens is 349 g/mol. The Balaban J connectivity index is 1.65. The topological polar surface area (TPSA) is 61.4 Å². The molecule has 0 radical (unpaired) electrons. The van der Waals surface area contributed by atoms with E-state index >= 15 is 0 Å². The summed E-state index contributed by atoms with van der Waals surface area (Å²) >= 11 is 11.8. The Hall–Kier alpha value is -1.89. The van der Waals surface area contributed by atoms with Gasteiger partial charge < -0.3 is 15.1 Å². The molecule has 2 heterocycles. The van der Waals surface area contributed by atoms with Gasteiger partial charge in [-0.2, -0.15) is 0 Å². The van der Waals surface area contributed by atoms with Crippen molar-refractivity contribution in [2.75, 3.05) is 43.4 Å². The second-order valence-corrected chi connectivity index (χ2v) is 6.46. The molecule has 0 aliphatic carbocycles. The van der Waals surface area contributed by atoms with E-state index in [1.54, 1.807) is 18.2 Å². The number of carbonyl (C=O) groups excluding carboxylic acids is 1. The summed E-state index contributed by atoms with van der Waals surface area (Å²) in [7, 11) is 2.10. The second-order valence-electron chi connectivity index (χ2n) is 5.65. The molecule has 1 N–H and O–H groups in total. The highest BCUT2D eigenvalue weighted by Gasteiger charge is 2.16. The van der Waals surface area contributed by atoms with Gasteiger partial charge in [-0.25, -0.2) is 0 Å². The molecule has 1 aromatic carbocycles. The summed E-state index contributed by atoms with van der Waals surface area (Å²) in [6.07, 6.45) is 0. The summed E-state index contributed by atoms with van der Waals surface area (Å²) in [5.74, 6) is 0.898. The molecule has 0 bridgehead atoms. The van der Waals surface area contributed by atoms with Gasteiger partial charge in [-0.05, 0) is 37.4 Å². The summed E-state index contributed by atoms with van der Waals surface area (Å²) in [6, 6.07) is 8.32. The molecule has 1 aromatic heterocycles. The van der Waals surface area contributed by atoms with Gasteiger partial charge in [0.2, 0.25) is 0 Å². The quantitative estimate of drug-likeness (QED) is 0.905. The Morgan fingerprint density at radius 3 is 2.42 bits per heavy atom. The lowest BCUT2D eigenvalue weighted by Gasteiger charge is -2.32. The van der Waals surface area contributed by atoms with Gasteiger partial charge in [0, 0.05) is 31.7 Å². The van der Waals surface area contributed by atoms with Crippen molar-refractivity contribution in [3.05, 3.63) is 45.9 Å². The average molecular weight is 366 g/mol. The van der Waals surface area contributed by atoms with Crippen LogP contribution in [0.3, 0.4) is 0 Å². The van der Waals surface area contributed by atoms with Gasteiger partial charge in [0.05, 0.1) is 10.0 Å². The summed E-state index contributed by atoms with van der Waals surface area (Å²) in [5, 5.41) is 11.7. The smallest absolute Gasteiger partial charge is 0.256 e. The SMILES string of the molecule is CN1CCN(c2ccc(NC(=O)c3ccc(Cl)c(Cl)c3)nn2)CC1. The molecule has 1 saturated heterocycles. The van der Waals surface area contributed by atoms with Crippen molar-refractivity contribution >= 4 is 40.7 Å². The third-order valence-corrected chi connectivity index (χ3v) is 4.64. The largest absolute Gasteiger partial charge is 0.353 e. The fourth-order valence-corrected chi connectivity index (χ4v) is 2.72. The minimum atomic E-state index is -0.310. The lowest BCUT2D eigenvalue weighted by atomic mass is 10.2. The number of likely N-dealkylation sites (N-methyl/N-ethyl adjacent to an activating group) is 1. The highest BCUT2D eigenvalue weighted by molar-refractivity contribution is 6.42. The maximum atomic E-state index is 12.2. The minimum absolute atomic E-state index is 0.310. The van der Waals surface area contributed by atoms with Crippen molar-refractivity contribution in [2.45, 2.75) is 0 Å². The molecule has 0 saturated carbocycles. The number of nitrogens with one attached hydrogen (secondary N) is 1. The molecule has 1 aliphatic rings. The number of anilines is 2. The number of benzene rings is 1. The number of piperazine rings is 1. The predicted octanol–water partition coefficient (Wildman–Crippen LogP) is 2.79. The predicted molar refractivity (Wildman–Crippen MR) is 96.2 cm³/mol. The van der Waals surface area contributed by atoms with Crippen molar-refractivity contribution in [2.24, 2.45) is 0 Å². The summed E-state index contributed by atoms with van der Waals surface area (Å²) in [6.45, 7) is 3.83. The second kappa shape index (κ2) is 7.34. The van der Waals surface area contributed by atoms with Crippen LogP contribution < -0.4 is 10.2 Å². The molecule has 24 heavy (non-hydrogen) atoms. The Morgan fingerprint density at radius 2 is 1.79 bits per heavy atom. The van der Waals surface area contributed by atoms with Crippen LogP contribution in [0.2, 0.25) is 10.0 Å². The van der Waals surface area contributed by atoms with Gasteiger partial charge in [0.15, 0.2) is 11.6 Å². The number of aromatic nitrogens is 2. The molecule has 0 atom stereocenters. The molecule has 1 amide bonds. The van der Waals surface area contributed by atoms with Crippen molar-refractivity contribution in [1.29, 1.82) is 0 Å². The van der Waals surface area contributed by atoms with Crippen LogP contribution in [0.25, 0.3) is 0 Å². The highest BCUT2D eigenvalue weighted by Crippen LogP contribution is 2.23. The number of hydrogen-bond donors (Lipinski definition) is 1. The van der Waals surface area contributed by atoms with E-state index in [1.165, 1.54) is 6.07 Å². The zero-order chi connectivity index (χ0) is 17.1. The van der Waals surface area contributed by atoms with Crippen LogP contribution in [0.4, 0.5) is 11.6 Å². The van der Waals surface area contributed by atoms with Gasteiger partial charge in [-0.15, -0.1) is 10.2 Å². The molecule has 0 spiro atoms. The maximum Gasteiger partial charge on any atom is 0.256 e. The van der Waals surface area contributed by atoms with E-state index in [9.17, 15) is 4.79 Å². The monoisotopic (exact) mass is 365 g/mol. The van der Waals surface area contributed by atoms with Crippen molar-refractivity contribution in [3.8, 4) is 0 Å². The van der Waals surface area contributed by atoms with Crippen molar-refractivity contribution in [3.63, 3.8) is 0 Å². The zero-order valence-corrected chi connectivity index (χ0v) is 14.7. The Morgan fingerprint density at radius 1 is 1.04 bits per heavy atom. The van der Waals surface area contributed by atoms with Crippen LogP contribution >= 0.6 is 23.2 Å². The summed E-state index contributed by atoms with van der Waals surface area (Å²) < 4.78 is 0. The van der Waals surface area contributed by atoms with Crippen molar-refractivity contribution < 1.29 is 4.79 Å². The molecule has 3 rings (SSSR count). The van der Waals surface area contributed by atoms with Crippen LogP contribution in [0.1, 0.15) is 10.4 Å². The third-order valence-electron chi connectivity index (χ3n) is 3.90. The number of carbonyl (C=O) groups is 1. The Labute approximate surface area is 150 Å². The number of nitrogens with zero attached hydrogens (tertiary/aromatic N) is 4. The summed E-state index contributed by atoms with van der Waals surface area (Å²) in [4.78, 5) is 16.7. The molecule has 126 valence electrons. The van der Waals surface area contributed by atoms with E-state index in [4.69, 9.17) is 23.2 Å². The lowest BCUT2D eigenvalue weighted by Crippen LogP contribution is -2.44. The van der Waals surface area contributed by atoms with Crippen LogP contribution in [-0.4, -0.2) is 54.2 Å². The van der Waals surface area contributed by atoms with E-state index < -0.39 is 0 Å². The van der Waals surface area contributed by atoms with Crippen LogP contribution in [0.5, 0.6) is 0 Å². The van der Waals surface area contributed by atoms with E-state index in [0.29, 0.717) is 21.4 Å². The van der Waals surface area contributed by atoms with E-state index in [2.05, 4.69) is 32.4 Å². The lowest BCUT2D eigenvalue weighted by molar-refractivity contribution is 0.102. The van der Waals surface area contributed by atoms with Crippen LogP contribution in [0.15, 0.2) is 30.3 Å². The number of rotatable bonds is 3. The average Bonchev–Trinajstić information content (AvgIpc) is 2.59.